The molecule has 2 aromatic carbocycles. The van der Waals surface area contributed by atoms with E-state index >= 15 is 0 Å². The summed E-state index contributed by atoms with van der Waals surface area (Å²) in [5.41, 5.74) is 2.45. The highest BCUT2D eigenvalue weighted by Crippen LogP contribution is 2.25. The van der Waals surface area contributed by atoms with Gasteiger partial charge in [0.25, 0.3) is 0 Å². The minimum atomic E-state index is 0.163. The number of nitrogens with zero attached hydrogens (tertiary/aromatic N) is 1. The first-order valence-corrected chi connectivity index (χ1v) is 10.1. The van der Waals surface area contributed by atoms with Crippen molar-refractivity contribution in [2.45, 2.75) is 25.6 Å². The lowest BCUT2D eigenvalue weighted by atomic mass is 9.98. The maximum absolute atomic E-state index is 5.56. The maximum atomic E-state index is 5.56. The van der Waals surface area contributed by atoms with Gasteiger partial charge in [0.05, 0.1) is 26.4 Å². The predicted molar refractivity (Wildman–Crippen MR) is 117 cm³/mol. The number of rotatable bonds is 7. The topological polar surface area (TPSA) is 45.8 Å². The largest absolute Gasteiger partial charge is 0.497 e. The molecule has 28 heavy (non-hydrogen) atoms. The maximum Gasteiger partial charge on any atom is 0.166 e. The molecular formula is C22H29N3O2S. The van der Waals surface area contributed by atoms with E-state index in [-0.39, 0.29) is 12.1 Å². The van der Waals surface area contributed by atoms with Crippen LogP contribution in [-0.4, -0.2) is 49.5 Å². The summed E-state index contributed by atoms with van der Waals surface area (Å²) in [5, 5.41) is 7.46. The quantitative estimate of drug-likeness (QED) is 0.698. The fourth-order valence-corrected chi connectivity index (χ4v) is 3.84. The minimum Gasteiger partial charge on any atom is -0.497 e. The van der Waals surface area contributed by atoms with Crippen LogP contribution >= 0.6 is 12.2 Å². The van der Waals surface area contributed by atoms with Gasteiger partial charge in [0.1, 0.15) is 5.75 Å². The molecule has 150 valence electrons. The molecule has 1 fully saturated rings. The number of hydrogen-bond donors (Lipinski definition) is 2. The number of benzene rings is 2. The summed E-state index contributed by atoms with van der Waals surface area (Å²) in [5.74, 6) is 0.856. The summed E-state index contributed by atoms with van der Waals surface area (Å²) in [6, 6.07) is 19.0. The lowest BCUT2D eigenvalue weighted by Crippen LogP contribution is -2.50. The van der Waals surface area contributed by atoms with Gasteiger partial charge < -0.3 is 20.1 Å². The van der Waals surface area contributed by atoms with Gasteiger partial charge in [0, 0.05) is 25.7 Å². The number of thiocarbonyl (C=S) groups is 1. The lowest BCUT2D eigenvalue weighted by molar-refractivity contribution is 0.0102. The van der Waals surface area contributed by atoms with Gasteiger partial charge in [0.15, 0.2) is 5.11 Å². The number of hydrogen-bond acceptors (Lipinski definition) is 4. The third-order valence-electron chi connectivity index (χ3n) is 5.02. The van der Waals surface area contributed by atoms with Gasteiger partial charge in [-0.05, 0) is 42.4 Å². The van der Waals surface area contributed by atoms with Crippen molar-refractivity contribution in [3.8, 4) is 5.75 Å². The second-order valence-electron chi connectivity index (χ2n) is 6.97. The molecule has 0 aromatic heterocycles. The van der Waals surface area contributed by atoms with Crippen molar-refractivity contribution in [2.24, 2.45) is 0 Å². The van der Waals surface area contributed by atoms with Gasteiger partial charge in [-0.2, -0.15) is 0 Å². The van der Waals surface area contributed by atoms with Crippen LogP contribution in [0.3, 0.4) is 0 Å². The molecular weight excluding hydrogens is 370 g/mol. The third-order valence-corrected chi connectivity index (χ3v) is 5.29. The third kappa shape index (κ3) is 5.67. The molecule has 0 amide bonds. The van der Waals surface area contributed by atoms with Gasteiger partial charge in [-0.1, -0.05) is 42.5 Å². The highest BCUT2D eigenvalue weighted by Gasteiger charge is 2.28. The standard InChI is InChI=1S/C22H29N3O2S/c1-17(24-22(28)23-16-18-8-10-20(26-2)11-9-18)21(19-6-4-3-5-7-19)25-12-14-27-15-13-25/h3-11,17,21H,12-16H2,1-2H3,(H2,23,24,28)/t17-,21-/m0/s1. The molecule has 2 atom stereocenters. The van der Waals surface area contributed by atoms with Crippen LogP contribution in [0.5, 0.6) is 5.75 Å². The smallest absolute Gasteiger partial charge is 0.166 e. The Hall–Kier alpha value is -2.15. The zero-order valence-corrected chi connectivity index (χ0v) is 17.4. The van der Waals surface area contributed by atoms with Crippen LogP contribution in [0.15, 0.2) is 54.6 Å². The van der Waals surface area contributed by atoms with Crippen LogP contribution in [0.25, 0.3) is 0 Å². The van der Waals surface area contributed by atoms with E-state index in [2.05, 4.69) is 52.8 Å². The van der Waals surface area contributed by atoms with Crippen LogP contribution in [0.1, 0.15) is 24.1 Å². The zero-order valence-electron chi connectivity index (χ0n) is 16.6. The van der Waals surface area contributed by atoms with Crippen LogP contribution < -0.4 is 15.4 Å². The molecule has 0 radical (unpaired) electrons. The second kappa shape index (κ2) is 10.4. The number of methoxy groups -OCH3 is 1. The Balaban J connectivity index is 1.60. The van der Waals surface area contributed by atoms with Crippen molar-refractivity contribution in [1.29, 1.82) is 0 Å². The Labute approximate surface area is 173 Å². The summed E-state index contributed by atoms with van der Waals surface area (Å²) < 4.78 is 10.7. The van der Waals surface area contributed by atoms with E-state index in [1.54, 1.807) is 7.11 Å². The van der Waals surface area contributed by atoms with Crippen LogP contribution in [0.2, 0.25) is 0 Å². The van der Waals surface area contributed by atoms with Gasteiger partial charge in [-0.3, -0.25) is 4.90 Å². The van der Waals surface area contributed by atoms with Crippen LogP contribution in [0, 0.1) is 0 Å². The molecule has 0 aliphatic carbocycles. The fraction of sp³-hybridized carbons (Fsp3) is 0.409. The van der Waals surface area contributed by atoms with E-state index in [4.69, 9.17) is 21.7 Å². The molecule has 2 N–H and O–H groups in total. The Morgan fingerprint density at radius 3 is 2.43 bits per heavy atom. The van der Waals surface area contributed by atoms with Crippen LogP contribution in [0.4, 0.5) is 0 Å². The van der Waals surface area contributed by atoms with Crippen molar-refractivity contribution in [1.82, 2.24) is 15.5 Å². The van der Waals surface area contributed by atoms with Gasteiger partial charge in [-0.15, -0.1) is 0 Å². The molecule has 1 heterocycles. The first kappa shape index (κ1) is 20.6. The molecule has 5 nitrogen and oxygen atoms in total. The molecule has 1 aliphatic rings. The average molecular weight is 400 g/mol. The van der Waals surface area contributed by atoms with E-state index in [0.29, 0.717) is 11.7 Å². The highest BCUT2D eigenvalue weighted by molar-refractivity contribution is 7.80. The van der Waals surface area contributed by atoms with Gasteiger partial charge in [-0.25, -0.2) is 0 Å². The highest BCUT2D eigenvalue weighted by atomic mass is 32.1. The Morgan fingerprint density at radius 1 is 1.11 bits per heavy atom. The number of nitrogens with one attached hydrogen (secondary N) is 2. The molecule has 1 saturated heterocycles. The van der Waals surface area contributed by atoms with E-state index in [9.17, 15) is 0 Å². The summed E-state index contributed by atoms with van der Waals surface area (Å²) >= 11 is 5.56. The normalized spacial score (nSPS) is 16.8. The monoisotopic (exact) mass is 399 g/mol. The summed E-state index contributed by atoms with van der Waals surface area (Å²) in [7, 11) is 1.67. The molecule has 6 heteroatoms. The summed E-state index contributed by atoms with van der Waals surface area (Å²) in [6.45, 7) is 6.27. The first-order valence-electron chi connectivity index (χ1n) is 9.71. The summed E-state index contributed by atoms with van der Waals surface area (Å²) in [4.78, 5) is 2.47. The zero-order chi connectivity index (χ0) is 19.8. The average Bonchev–Trinajstić information content (AvgIpc) is 2.74. The second-order valence-corrected chi connectivity index (χ2v) is 7.38. The van der Waals surface area contributed by atoms with Crippen molar-refractivity contribution >= 4 is 17.3 Å². The fourth-order valence-electron chi connectivity index (χ4n) is 3.58. The van der Waals surface area contributed by atoms with Crippen molar-refractivity contribution in [3.05, 3.63) is 65.7 Å². The van der Waals surface area contributed by atoms with Gasteiger partial charge in [0.2, 0.25) is 0 Å². The van der Waals surface area contributed by atoms with Gasteiger partial charge >= 0.3 is 0 Å². The molecule has 2 aromatic rings. The van der Waals surface area contributed by atoms with Crippen molar-refractivity contribution in [2.75, 3.05) is 33.4 Å². The molecule has 0 unspecified atom stereocenters. The number of ether oxygens (including phenoxy) is 2. The number of morpholine rings is 1. The van der Waals surface area contributed by atoms with E-state index in [1.807, 2.05) is 24.3 Å². The predicted octanol–water partition coefficient (Wildman–Crippen LogP) is 3.12. The van der Waals surface area contributed by atoms with Crippen LogP contribution in [-0.2, 0) is 11.3 Å². The lowest BCUT2D eigenvalue weighted by Gasteiger charge is -2.38. The van der Waals surface area contributed by atoms with E-state index < -0.39 is 0 Å². The van der Waals surface area contributed by atoms with E-state index in [1.165, 1.54) is 5.56 Å². The molecule has 0 spiro atoms. The van der Waals surface area contributed by atoms with E-state index in [0.717, 1.165) is 37.6 Å². The minimum absolute atomic E-state index is 0.163. The molecule has 0 saturated carbocycles. The van der Waals surface area contributed by atoms with Crippen molar-refractivity contribution in [3.63, 3.8) is 0 Å². The Morgan fingerprint density at radius 2 is 1.79 bits per heavy atom. The Kier molecular flexibility index (Phi) is 7.65. The Bertz CT molecular complexity index is 733. The first-order chi connectivity index (χ1) is 13.7. The SMILES string of the molecule is COc1ccc(CNC(=S)N[C@@H](C)[C@@H](c2ccccc2)N2CCOCC2)cc1. The summed E-state index contributed by atoms with van der Waals surface area (Å²) in [6.07, 6.45) is 0. The molecule has 3 rings (SSSR count). The molecule has 1 aliphatic heterocycles. The van der Waals surface area contributed by atoms with Crippen molar-refractivity contribution < 1.29 is 9.47 Å². The molecule has 0 bridgehead atoms.